The molecule has 0 aromatic rings. The quantitative estimate of drug-likeness (QED) is 0.663. The average molecular weight is 197 g/mol. The Morgan fingerprint density at radius 2 is 1.93 bits per heavy atom. The van der Waals surface area contributed by atoms with Gasteiger partial charge in [-0.1, -0.05) is 12.7 Å². The molecule has 0 radical (unpaired) electrons. The average Bonchev–Trinajstić information content (AvgIpc) is 2.03. The van der Waals surface area contributed by atoms with Crippen molar-refractivity contribution in [2.75, 3.05) is 0 Å². The zero-order valence-corrected chi connectivity index (χ0v) is 8.63. The molecule has 0 spiro atoms. The molecule has 1 amide bonds. The van der Waals surface area contributed by atoms with E-state index in [0.717, 1.165) is 0 Å². The van der Waals surface area contributed by atoms with Gasteiger partial charge in [0.1, 0.15) is 0 Å². The lowest BCUT2D eigenvalue weighted by molar-refractivity contribution is -0.132. The summed E-state index contributed by atoms with van der Waals surface area (Å²) in [6.45, 7) is 8.25. The molecule has 2 N–H and O–H groups in total. The van der Waals surface area contributed by atoms with Gasteiger partial charge in [0.05, 0.1) is 0 Å². The summed E-state index contributed by atoms with van der Waals surface area (Å²) in [5, 5.41) is 11.2. The summed E-state index contributed by atoms with van der Waals surface area (Å²) in [5.74, 6) is -1.26. The first kappa shape index (κ1) is 12.4. The number of carbonyl (C=O) groups is 2. The minimum atomic E-state index is -0.985. The minimum absolute atomic E-state index is 0.208. The van der Waals surface area contributed by atoms with Crippen molar-refractivity contribution in [1.82, 2.24) is 5.32 Å². The number of amides is 1. The highest BCUT2D eigenvalue weighted by Gasteiger charge is 2.07. The smallest absolute Gasteiger partial charge is 0.331 e. The second kappa shape index (κ2) is 5.21. The second-order valence-corrected chi connectivity index (χ2v) is 3.20. The fraction of sp³-hybridized carbons (Fsp3) is 0.400. The van der Waals surface area contributed by atoms with Crippen LogP contribution in [0.5, 0.6) is 0 Å². The van der Waals surface area contributed by atoms with Crippen LogP contribution in [0, 0.1) is 0 Å². The molecule has 0 aliphatic carbocycles. The molecule has 4 nitrogen and oxygen atoms in total. The van der Waals surface area contributed by atoms with Crippen LogP contribution in [0.25, 0.3) is 0 Å². The predicted octanol–water partition coefficient (Wildman–Crippen LogP) is 1.10. The van der Waals surface area contributed by atoms with Gasteiger partial charge in [-0.2, -0.15) is 0 Å². The zero-order chi connectivity index (χ0) is 11.3. The molecule has 0 rings (SSSR count). The SMILES string of the molecule is C=C(C)C(=O)NC(C)C=C(C)C(=O)O. The minimum Gasteiger partial charge on any atom is -0.478 e. The van der Waals surface area contributed by atoms with Gasteiger partial charge in [0, 0.05) is 17.2 Å². The molecule has 0 fully saturated rings. The maximum Gasteiger partial charge on any atom is 0.331 e. The Morgan fingerprint density at radius 1 is 1.43 bits per heavy atom. The predicted molar refractivity (Wildman–Crippen MR) is 53.8 cm³/mol. The molecular formula is C10H15NO3. The number of aliphatic carboxylic acids is 1. The van der Waals surface area contributed by atoms with Crippen LogP contribution < -0.4 is 5.32 Å². The van der Waals surface area contributed by atoms with E-state index in [1.807, 2.05) is 0 Å². The third kappa shape index (κ3) is 4.45. The lowest BCUT2D eigenvalue weighted by Crippen LogP contribution is -2.31. The van der Waals surface area contributed by atoms with Gasteiger partial charge in [-0.25, -0.2) is 4.79 Å². The molecule has 0 heterocycles. The summed E-state index contributed by atoms with van der Waals surface area (Å²) in [6.07, 6.45) is 1.48. The molecule has 0 aromatic carbocycles. The van der Waals surface area contributed by atoms with E-state index in [1.54, 1.807) is 13.8 Å². The Hall–Kier alpha value is -1.58. The van der Waals surface area contributed by atoms with E-state index in [4.69, 9.17) is 5.11 Å². The Labute approximate surface area is 83.3 Å². The number of carboxylic acid groups (broad SMARTS) is 1. The monoisotopic (exact) mass is 197 g/mol. The van der Waals surface area contributed by atoms with E-state index in [1.165, 1.54) is 13.0 Å². The maximum absolute atomic E-state index is 11.1. The summed E-state index contributed by atoms with van der Waals surface area (Å²) < 4.78 is 0. The van der Waals surface area contributed by atoms with Crippen LogP contribution in [0.1, 0.15) is 20.8 Å². The molecule has 0 bridgehead atoms. The Bertz CT molecular complexity index is 292. The third-order valence-corrected chi connectivity index (χ3v) is 1.58. The van der Waals surface area contributed by atoms with Gasteiger partial charge in [0.15, 0.2) is 0 Å². The van der Waals surface area contributed by atoms with E-state index in [0.29, 0.717) is 5.57 Å². The molecule has 0 aliphatic rings. The molecule has 78 valence electrons. The summed E-state index contributed by atoms with van der Waals surface area (Å²) in [4.78, 5) is 21.6. The molecule has 0 aromatic heterocycles. The van der Waals surface area contributed by atoms with Crippen molar-refractivity contribution in [2.45, 2.75) is 26.8 Å². The Kier molecular flexibility index (Phi) is 4.63. The van der Waals surface area contributed by atoms with E-state index in [-0.39, 0.29) is 17.5 Å². The van der Waals surface area contributed by atoms with Gasteiger partial charge in [0.25, 0.3) is 0 Å². The normalized spacial score (nSPS) is 13.2. The first-order valence-corrected chi connectivity index (χ1v) is 4.22. The van der Waals surface area contributed by atoms with Crippen LogP contribution in [-0.2, 0) is 9.59 Å². The Balaban J connectivity index is 4.30. The van der Waals surface area contributed by atoms with Crippen molar-refractivity contribution in [3.63, 3.8) is 0 Å². The highest BCUT2D eigenvalue weighted by Crippen LogP contribution is 1.97. The molecule has 4 heteroatoms. The third-order valence-electron chi connectivity index (χ3n) is 1.58. The fourth-order valence-electron chi connectivity index (χ4n) is 0.818. The highest BCUT2D eigenvalue weighted by molar-refractivity contribution is 5.92. The number of carboxylic acids is 1. The van der Waals surface area contributed by atoms with Crippen LogP contribution in [0.4, 0.5) is 0 Å². The van der Waals surface area contributed by atoms with Gasteiger partial charge in [-0.3, -0.25) is 4.79 Å². The van der Waals surface area contributed by atoms with Crippen LogP contribution in [-0.4, -0.2) is 23.0 Å². The number of nitrogens with one attached hydrogen (secondary N) is 1. The van der Waals surface area contributed by atoms with E-state index in [9.17, 15) is 9.59 Å². The molecule has 1 unspecified atom stereocenters. The molecule has 0 saturated heterocycles. The van der Waals surface area contributed by atoms with Crippen molar-refractivity contribution in [1.29, 1.82) is 0 Å². The second-order valence-electron chi connectivity index (χ2n) is 3.20. The molecule has 14 heavy (non-hydrogen) atoms. The lowest BCUT2D eigenvalue weighted by atomic mass is 10.2. The van der Waals surface area contributed by atoms with Crippen molar-refractivity contribution >= 4 is 11.9 Å². The lowest BCUT2D eigenvalue weighted by Gasteiger charge is -2.09. The number of carbonyl (C=O) groups excluding carboxylic acids is 1. The molecular weight excluding hydrogens is 182 g/mol. The van der Waals surface area contributed by atoms with E-state index >= 15 is 0 Å². The first-order valence-electron chi connectivity index (χ1n) is 4.22. The van der Waals surface area contributed by atoms with Crippen LogP contribution in [0.3, 0.4) is 0 Å². The molecule has 1 atom stereocenters. The highest BCUT2D eigenvalue weighted by atomic mass is 16.4. The van der Waals surface area contributed by atoms with Crippen molar-refractivity contribution in [3.8, 4) is 0 Å². The van der Waals surface area contributed by atoms with Gasteiger partial charge in [-0.15, -0.1) is 0 Å². The van der Waals surface area contributed by atoms with Crippen LogP contribution in [0.2, 0.25) is 0 Å². The van der Waals surface area contributed by atoms with Crippen LogP contribution in [0.15, 0.2) is 23.8 Å². The number of rotatable bonds is 4. The summed E-state index contributed by atoms with van der Waals surface area (Å²) in [5.41, 5.74) is 0.609. The largest absolute Gasteiger partial charge is 0.478 e. The van der Waals surface area contributed by atoms with Gasteiger partial charge < -0.3 is 10.4 Å². The van der Waals surface area contributed by atoms with E-state index < -0.39 is 5.97 Å². The maximum atomic E-state index is 11.1. The zero-order valence-electron chi connectivity index (χ0n) is 8.63. The topological polar surface area (TPSA) is 66.4 Å². The van der Waals surface area contributed by atoms with Crippen molar-refractivity contribution in [3.05, 3.63) is 23.8 Å². The van der Waals surface area contributed by atoms with Gasteiger partial charge in [0.2, 0.25) is 5.91 Å². The van der Waals surface area contributed by atoms with Crippen LogP contribution >= 0.6 is 0 Å². The summed E-state index contributed by atoms with van der Waals surface area (Å²) in [7, 11) is 0. The van der Waals surface area contributed by atoms with Gasteiger partial charge in [-0.05, 0) is 20.8 Å². The molecule has 0 saturated carbocycles. The standard InChI is InChI=1S/C10H15NO3/c1-6(2)9(12)11-8(4)5-7(3)10(13)14/h5,8H,1H2,2-4H3,(H,11,12)(H,13,14). The number of hydrogen-bond acceptors (Lipinski definition) is 2. The summed E-state index contributed by atoms with van der Waals surface area (Å²) >= 11 is 0. The Morgan fingerprint density at radius 3 is 2.29 bits per heavy atom. The first-order chi connectivity index (χ1) is 6.34. The number of hydrogen-bond donors (Lipinski definition) is 2. The van der Waals surface area contributed by atoms with Gasteiger partial charge >= 0.3 is 5.97 Å². The summed E-state index contributed by atoms with van der Waals surface area (Å²) in [6, 6.07) is -0.310. The fourth-order valence-corrected chi connectivity index (χ4v) is 0.818. The van der Waals surface area contributed by atoms with E-state index in [2.05, 4.69) is 11.9 Å². The molecule has 0 aliphatic heterocycles. The van der Waals surface area contributed by atoms with Crippen molar-refractivity contribution in [2.24, 2.45) is 0 Å². The van der Waals surface area contributed by atoms with Crippen molar-refractivity contribution < 1.29 is 14.7 Å².